The van der Waals surface area contributed by atoms with Crippen molar-refractivity contribution < 1.29 is 18.8 Å². The number of anilines is 1. The van der Waals surface area contributed by atoms with Gasteiger partial charge in [0.1, 0.15) is 0 Å². The highest BCUT2D eigenvalue weighted by Crippen LogP contribution is 2.09. The minimum absolute atomic E-state index is 0.143. The van der Waals surface area contributed by atoms with Crippen molar-refractivity contribution in [1.29, 1.82) is 0 Å². The lowest BCUT2D eigenvalue weighted by molar-refractivity contribution is -0.124. The van der Waals surface area contributed by atoms with E-state index in [1.807, 2.05) is 32.9 Å². The molecule has 144 valence electrons. The quantitative estimate of drug-likeness (QED) is 0.746. The van der Waals surface area contributed by atoms with Crippen LogP contribution in [-0.4, -0.2) is 42.3 Å². The van der Waals surface area contributed by atoms with Crippen molar-refractivity contribution in [3.05, 3.63) is 54.0 Å². The first-order valence-electron chi connectivity index (χ1n) is 8.81. The van der Waals surface area contributed by atoms with Crippen LogP contribution in [0.5, 0.6) is 0 Å². The Hall–Kier alpha value is -3.09. The van der Waals surface area contributed by atoms with Crippen molar-refractivity contribution in [3.8, 4) is 0 Å². The fourth-order valence-electron chi connectivity index (χ4n) is 2.47. The molecule has 0 aliphatic carbocycles. The molecule has 0 radical (unpaired) electrons. The van der Waals surface area contributed by atoms with Crippen LogP contribution >= 0.6 is 0 Å². The lowest BCUT2D eigenvalue weighted by Gasteiger charge is -2.23. The summed E-state index contributed by atoms with van der Waals surface area (Å²) in [6, 6.07) is 10.5. The van der Waals surface area contributed by atoms with Gasteiger partial charge in [0.2, 0.25) is 11.8 Å². The van der Waals surface area contributed by atoms with E-state index in [9.17, 15) is 14.4 Å². The Labute approximate surface area is 158 Å². The number of hydrogen-bond acceptors (Lipinski definition) is 4. The molecule has 0 saturated carbocycles. The Bertz CT molecular complexity index is 767. The van der Waals surface area contributed by atoms with Crippen molar-refractivity contribution >= 4 is 23.4 Å². The van der Waals surface area contributed by atoms with Crippen LogP contribution in [0.3, 0.4) is 0 Å². The van der Waals surface area contributed by atoms with Crippen LogP contribution in [0.25, 0.3) is 0 Å². The number of furan rings is 1. The zero-order valence-corrected chi connectivity index (χ0v) is 15.8. The van der Waals surface area contributed by atoms with Gasteiger partial charge in [-0.3, -0.25) is 14.4 Å². The predicted octanol–water partition coefficient (Wildman–Crippen LogP) is 2.44. The van der Waals surface area contributed by atoms with E-state index < -0.39 is 5.91 Å². The number of benzene rings is 1. The number of hydrogen-bond donors (Lipinski definition) is 2. The molecule has 0 atom stereocenters. The zero-order chi connectivity index (χ0) is 19.8. The van der Waals surface area contributed by atoms with Crippen LogP contribution in [0.2, 0.25) is 0 Å². The molecule has 0 saturated heterocycles. The van der Waals surface area contributed by atoms with E-state index in [1.165, 1.54) is 11.2 Å². The standard InChI is InChI=1S/C20H25N3O4/c1-14(2)12-23(20(26)17-5-4-10-27-17)13-19(25)21-11-18(24)22-16-8-6-15(3)7-9-16/h4-10,14H,11-13H2,1-3H3,(H,21,25)(H,22,24). The van der Waals surface area contributed by atoms with E-state index >= 15 is 0 Å². The van der Waals surface area contributed by atoms with Gasteiger partial charge in [-0.25, -0.2) is 0 Å². The number of carbonyl (C=O) groups is 3. The van der Waals surface area contributed by atoms with Crippen molar-refractivity contribution in [2.75, 3.05) is 25.0 Å². The van der Waals surface area contributed by atoms with E-state index in [4.69, 9.17) is 4.42 Å². The molecule has 7 heteroatoms. The Morgan fingerprint density at radius 3 is 2.37 bits per heavy atom. The summed E-state index contributed by atoms with van der Waals surface area (Å²) in [5, 5.41) is 5.25. The highest BCUT2D eigenvalue weighted by molar-refractivity contribution is 5.96. The maximum atomic E-state index is 12.5. The van der Waals surface area contributed by atoms with Gasteiger partial charge >= 0.3 is 0 Å². The molecule has 1 aromatic carbocycles. The van der Waals surface area contributed by atoms with Gasteiger partial charge in [-0.15, -0.1) is 0 Å². The van der Waals surface area contributed by atoms with Crippen molar-refractivity contribution in [3.63, 3.8) is 0 Å². The highest BCUT2D eigenvalue weighted by atomic mass is 16.3. The van der Waals surface area contributed by atoms with E-state index in [2.05, 4.69) is 10.6 Å². The normalized spacial score (nSPS) is 10.5. The van der Waals surface area contributed by atoms with Gasteiger partial charge in [0.05, 0.1) is 19.4 Å². The summed E-state index contributed by atoms with van der Waals surface area (Å²) in [6.07, 6.45) is 1.41. The molecule has 1 aromatic heterocycles. The van der Waals surface area contributed by atoms with Crippen LogP contribution in [-0.2, 0) is 9.59 Å². The van der Waals surface area contributed by atoms with Gasteiger partial charge in [0.15, 0.2) is 5.76 Å². The Morgan fingerprint density at radius 2 is 1.78 bits per heavy atom. The summed E-state index contributed by atoms with van der Waals surface area (Å²) in [5.74, 6) is -0.732. The van der Waals surface area contributed by atoms with Gasteiger partial charge in [-0.2, -0.15) is 0 Å². The number of nitrogens with zero attached hydrogens (tertiary/aromatic N) is 1. The van der Waals surface area contributed by atoms with E-state index in [1.54, 1.807) is 24.3 Å². The monoisotopic (exact) mass is 371 g/mol. The topological polar surface area (TPSA) is 91.7 Å². The molecule has 3 amide bonds. The van der Waals surface area contributed by atoms with Gasteiger partial charge in [0, 0.05) is 12.2 Å². The van der Waals surface area contributed by atoms with Crippen LogP contribution in [0.1, 0.15) is 30.0 Å². The second-order valence-electron chi connectivity index (χ2n) is 6.75. The van der Waals surface area contributed by atoms with Gasteiger partial charge < -0.3 is 20.0 Å². The Morgan fingerprint density at radius 1 is 1.07 bits per heavy atom. The van der Waals surface area contributed by atoms with E-state index in [-0.39, 0.29) is 36.6 Å². The smallest absolute Gasteiger partial charge is 0.290 e. The summed E-state index contributed by atoms with van der Waals surface area (Å²) in [7, 11) is 0. The average molecular weight is 371 g/mol. The molecular formula is C20H25N3O4. The Kier molecular flexibility index (Phi) is 7.16. The molecule has 1 heterocycles. The van der Waals surface area contributed by atoms with Crippen molar-refractivity contribution in [1.82, 2.24) is 10.2 Å². The summed E-state index contributed by atoms with van der Waals surface area (Å²) >= 11 is 0. The second-order valence-corrected chi connectivity index (χ2v) is 6.75. The third kappa shape index (κ3) is 6.62. The number of carbonyl (C=O) groups excluding carboxylic acids is 3. The minimum atomic E-state index is -0.408. The lowest BCUT2D eigenvalue weighted by atomic mass is 10.2. The van der Waals surface area contributed by atoms with Crippen molar-refractivity contribution in [2.24, 2.45) is 5.92 Å². The number of rotatable bonds is 8. The lowest BCUT2D eigenvalue weighted by Crippen LogP contribution is -2.44. The maximum absolute atomic E-state index is 12.5. The average Bonchev–Trinajstić information content (AvgIpc) is 3.15. The molecule has 2 N–H and O–H groups in total. The summed E-state index contributed by atoms with van der Waals surface area (Å²) in [4.78, 5) is 38.0. The molecule has 0 spiro atoms. The SMILES string of the molecule is Cc1ccc(NC(=O)CNC(=O)CN(CC(C)C)C(=O)c2ccco2)cc1. The maximum Gasteiger partial charge on any atom is 0.290 e. The molecule has 2 aromatic rings. The fourth-order valence-corrected chi connectivity index (χ4v) is 2.47. The first-order valence-corrected chi connectivity index (χ1v) is 8.81. The van der Waals surface area contributed by atoms with Gasteiger partial charge in [0.25, 0.3) is 5.91 Å². The number of aryl methyl sites for hydroxylation is 1. The van der Waals surface area contributed by atoms with Crippen LogP contribution < -0.4 is 10.6 Å². The van der Waals surface area contributed by atoms with Crippen LogP contribution in [0, 0.1) is 12.8 Å². The van der Waals surface area contributed by atoms with Crippen molar-refractivity contribution in [2.45, 2.75) is 20.8 Å². The van der Waals surface area contributed by atoms with E-state index in [0.717, 1.165) is 5.56 Å². The summed E-state index contributed by atoms with van der Waals surface area (Å²) in [5.41, 5.74) is 1.75. The summed E-state index contributed by atoms with van der Waals surface area (Å²) in [6.45, 7) is 5.96. The predicted molar refractivity (Wildman–Crippen MR) is 102 cm³/mol. The molecule has 7 nitrogen and oxygen atoms in total. The van der Waals surface area contributed by atoms with Crippen LogP contribution in [0.4, 0.5) is 5.69 Å². The molecule has 0 bridgehead atoms. The highest BCUT2D eigenvalue weighted by Gasteiger charge is 2.22. The Balaban J connectivity index is 1.86. The fraction of sp³-hybridized carbons (Fsp3) is 0.350. The van der Waals surface area contributed by atoms with Gasteiger partial charge in [-0.1, -0.05) is 31.5 Å². The van der Waals surface area contributed by atoms with E-state index in [0.29, 0.717) is 12.2 Å². The minimum Gasteiger partial charge on any atom is -0.459 e. The third-order valence-corrected chi connectivity index (χ3v) is 3.72. The first-order chi connectivity index (χ1) is 12.8. The molecule has 0 fully saturated rings. The first kappa shape index (κ1) is 20.2. The third-order valence-electron chi connectivity index (χ3n) is 3.72. The van der Waals surface area contributed by atoms with Crippen LogP contribution in [0.15, 0.2) is 47.1 Å². The molecular weight excluding hydrogens is 346 g/mol. The van der Waals surface area contributed by atoms with Gasteiger partial charge in [-0.05, 0) is 37.1 Å². The second kappa shape index (κ2) is 9.56. The molecule has 0 aliphatic heterocycles. The zero-order valence-electron chi connectivity index (χ0n) is 15.8. The largest absolute Gasteiger partial charge is 0.459 e. The number of amides is 3. The molecule has 0 aliphatic rings. The molecule has 27 heavy (non-hydrogen) atoms. The molecule has 0 unspecified atom stereocenters. The molecule has 2 rings (SSSR count). The summed E-state index contributed by atoms with van der Waals surface area (Å²) < 4.78 is 5.13. The number of nitrogens with one attached hydrogen (secondary N) is 2.